The molecule has 2 rings (SSSR count). The summed E-state index contributed by atoms with van der Waals surface area (Å²) in [5.74, 6) is -0.199. The molecule has 0 fully saturated rings. The zero-order chi connectivity index (χ0) is 14.5. The Morgan fingerprint density at radius 1 is 1.30 bits per heavy atom. The number of benzene rings is 1. The van der Waals surface area contributed by atoms with Crippen LogP contribution in [-0.4, -0.2) is 31.4 Å². The van der Waals surface area contributed by atoms with Gasteiger partial charge in [0.25, 0.3) is 5.91 Å². The maximum Gasteiger partial charge on any atom is 0.254 e. The largest absolute Gasteiger partial charge is 0.468 e. The van der Waals surface area contributed by atoms with Crippen LogP contribution in [0.25, 0.3) is 0 Å². The van der Waals surface area contributed by atoms with Gasteiger partial charge in [0, 0.05) is 6.54 Å². The smallest absolute Gasteiger partial charge is 0.254 e. The number of likely N-dealkylation sites (N-methyl/N-ethyl adjacent to an activating group) is 1. The zero-order valence-corrected chi connectivity index (χ0v) is 11.5. The first-order valence-electron chi connectivity index (χ1n) is 6.32. The molecule has 4 nitrogen and oxygen atoms in total. The Morgan fingerprint density at radius 3 is 2.65 bits per heavy atom. The molecular formula is C15H17FN2O2. The first-order valence-corrected chi connectivity index (χ1v) is 6.32. The van der Waals surface area contributed by atoms with E-state index in [0.29, 0.717) is 6.54 Å². The summed E-state index contributed by atoms with van der Waals surface area (Å²) in [5, 5.41) is 2.73. The standard InChI is InChI=1S/C15H17FN2O2/c1-18(2)13(14-8-5-9-20-14)10-17-15(19)11-6-3-4-7-12(11)16/h3-9,13H,10H2,1-2H3,(H,17,19)/t13-/m0/s1. The van der Waals surface area contributed by atoms with Gasteiger partial charge < -0.3 is 9.73 Å². The van der Waals surface area contributed by atoms with Gasteiger partial charge in [0.15, 0.2) is 0 Å². The van der Waals surface area contributed by atoms with E-state index in [1.54, 1.807) is 24.5 Å². The van der Waals surface area contributed by atoms with Gasteiger partial charge in [0.2, 0.25) is 0 Å². The van der Waals surface area contributed by atoms with E-state index in [-0.39, 0.29) is 11.6 Å². The summed E-state index contributed by atoms with van der Waals surface area (Å²) in [7, 11) is 3.78. The minimum absolute atomic E-state index is 0.0458. The van der Waals surface area contributed by atoms with Crippen LogP contribution in [0.2, 0.25) is 0 Å². The molecule has 0 bridgehead atoms. The number of hydrogen-bond donors (Lipinski definition) is 1. The van der Waals surface area contributed by atoms with Crippen molar-refractivity contribution in [3.63, 3.8) is 0 Å². The van der Waals surface area contributed by atoms with Crippen LogP contribution in [0.15, 0.2) is 47.1 Å². The molecule has 2 aromatic rings. The highest BCUT2D eigenvalue weighted by Gasteiger charge is 2.19. The number of carbonyl (C=O) groups is 1. The van der Waals surface area contributed by atoms with Gasteiger partial charge in [0.1, 0.15) is 11.6 Å². The molecule has 0 unspecified atom stereocenters. The Morgan fingerprint density at radius 2 is 2.05 bits per heavy atom. The number of furan rings is 1. The minimum Gasteiger partial charge on any atom is -0.468 e. The van der Waals surface area contributed by atoms with Crippen molar-refractivity contribution in [2.45, 2.75) is 6.04 Å². The number of hydrogen-bond acceptors (Lipinski definition) is 3. The molecule has 1 amide bonds. The Kier molecular flexibility index (Phi) is 4.53. The molecule has 1 aromatic carbocycles. The summed E-state index contributed by atoms with van der Waals surface area (Å²) in [6.07, 6.45) is 1.59. The van der Waals surface area contributed by atoms with Crippen molar-refractivity contribution in [1.29, 1.82) is 0 Å². The van der Waals surface area contributed by atoms with Gasteiger partial charge in [-0.25, -0.2) is 4.39 Å². The van der Waals surface area contributed by atoms with Crippen molar-refractivity contribution in [2.75, 3.05) is 20.6 Å². The molecule has 0 aliphatic rings. The second-order valence-corrected chi connectivity index (χ2v) is 4.68. The lowest BCUT2D eigenvalue weighted by atomic mass is 10.1. The zero-order valence-electron chi connectivity index (χ0n) is 11.5. The van der Waals surface area contributed by atoms with Crippen LogP contribution in [-0.2, 0) is 0 Å². The quantitative estimate of drug-likeness (QED) is 0.912. The van der Waals surface area contributed by atoms with Crippen molar-refractivity contribution in [3.05, 3.63) is 59.8 Å². The lowest BCUT2D eigenvalue weighted by Crippen LogP contribution is -2.34. The fourth-order valence-corrected chi connectivity index (χ4v) is 1.95. The highest BCUT2D eigenvalue weighted by molar-refractivity contribution is 5.94. The molecule has 0 radical (unpaired) electrons. The molecule has 0 saturated carbocycles. The Balaban J connectivity index is 2.03. The number of nitrogens with one attached hydrogen (secondary N) is 1. The van der Waals surface area contributed by atoms with E-state index in [2.05, 4.69) is 5.32 Å². The van der Waals surface area contributed by atoms with Crippen molar-refractivity contribution >= 4 is 5.91 Å². The van der Waals surface area contributed by atoms with Gasteiger partial charge in [0.05, 0.1) is 17.9 Å². The maximum atomic E-state index is 13.5. The molecular weight excluding hydrogens is 259 g/mol. The summed E-state index contributed by atoms with van der Waals surface area (Å²) in [4.78, 5) is 13.9. The minimum atomic E-state index is -0.524. The van der Waals surface area contributed by atoms with E-state index in [1.165, 1.54) is 12.1 Å². The molecule has 1 N–H and O–H groups in total. The third kappa shape index (κ3) is 3.24. The van der Waals surface area contributed by atoms with E-state index in [4.69, 9.17) is 4.42 Å². The molecule has 1 atom stereocenters. The summed E-state index contributed by atoms with van der Waals surface area (Å²) in [5.41, 5.74) is 0.0458. The van der Waals surface area contributed by atoms with Crippen LogP contribution in [0, 0.1) is 5.82 Å². The van der Waals surface area contributed by atoms with Crippen molar-refractivity contribution in [2.24, 2.45) is 0 Å². The lowest BCUT2D eigenvalue weighted by Gasteiger charge is -2.22. The molecule has 0 spiro atoms. The van der Waals surface area contributed by atoms with Crippen LogP contribution in [0.1, 0.15) is 22.2 Å². The van der Waals surface area contributed by atoms with E-state index >= 15 is 0 Å². The van der Waals surface area contributed by atoms with Crippen LogP contribution >= 0.6 is 0 Å². The topological polar surface area (TPSA) is 45.5 Å². The monoisotopic (exact) mass is 276 g/mol. The Bertz CT molecular complexity index is 567. The number of carbonyl (C=O) groups excluding carboxylic acids is 1. The van der Waals surface area contributed by atoms with Crippen LogP contribution in [0.4, 0.5) is 4.39 Å². The third-order valence-corrected chi connectivity index (χ3v) is 3.07. The maximum absolute atomic E-state index is 13.5. The van der Waals surface area contributed by atoms with Crippen LogP contribution in [0.3, 0.4) is 0 Å². The fraction of sp³-hybridized carbons (Fsp3) is 0.267. The third-order valence-electron chi connectivity index (χ3n) is 3.07. The Hall–Kier alpha value is -2.14. The van der Waals surface area contributed by atoms with Gasteiger partial charge >= 0.3 is 0 Å². The molecule has 1 aromatic heterocycles. The van der Waals surface area contributed by atoms with E-state index in [9.17, 15) is 9.18 Å². The molecule has 0 aliphatic heterocycles. The molecule has 20 heavy (non-hydrogen) atoms. The summed E-state index contributed by atoms with van der Waals surface area (Å²) < 4.78 is 18.9. The Labute approximate surface area is 117 Å². The van der Waals surface area contributed by atoms with Gasteiger partial charge in [-0.05, 0) is 38.4 Å². The highest BCUT2D eigenvalue weighted by Crippen LogP contribution is 2.17. The van der Waals surface area contributed by atoms with E-state index in [0.717, 1.165) is 5.76 Å². The molecule has 5 heteroatoms. The van der Waals surface area contributed by atoms with Crippen LogP contribution < -0.4 is 5.32 Å². The highest BCUT2D eigenvalue weighted by atomic mass is 19.1. The fourth-order valence-electron chi connectivity index (χ4n) is 1.95. The van der Waals surface area contributed by atoms with Crippen LogP contribution in [0.5, 0.6) is 0 Å². The number of halogens is 1. The van der Waals surface area contributed by atoms with Gasteiger partial charge in [-0.2, -0.15) is 0 Å². The second kappa shape index (κ2) is 6.34. The summed E-state index contributed by atoms with van der Waals surface area (Å²) >= 11 is 0. The predicted octanol–water partition coefficient (Wildman–Crippen LogP) is 2.45. The van der Waals surface area contributed by atoms with Gasteiger partial charge in [-0.15, -0.1) is 0 Å². The van der Waals surface area contributed by atoms with E-state index in [1.807, 2.05) is 25.1 Å². The molecule has 106 valence electrons. The van der Waals surface area contributed by atoms with E-state index < -0.39 is 11.7 Å². The number of amides is 1. The van der Waals surface area contributed by atoms with Crippen molar-refractivity contribution in [1.82, 2.24) is 10.2 Å². The van der Waals surface area contributed by atoms with Crippen molar-refractivity contribution < 1.29 is 13.6 Å². The summed E-state index contributed by atoms with van der Waals surface area (Å²) in [6.45, 7) is 0.341. The first-order chi connectivity index (χ1) is 9.59. The normalized spacial score (nSPS) is 12.4. The van der Waals surface area contributed by atoms with Crippen molar-refractivity contribution in [3.8, 4) is 0 Å². The predicted molar refractivity (Wildman–Crippen MR) is 73.9 cm³/mol. The summed E-state index contributed by atoms with van der Waals surface area (Å²) in [6, 6.07) is 9.46. The average Bonchev–Trinajstić information content (AvgIpc) is 2.92. The average molecular weight is 276 g/mol. The SMILES string of the molecule is CN(C)[C@@H](CNC(=O)c1ccccc1F)c1ccco1. The lowest BCUT2D eigenvalue weighted by molar-refractivity contribution is 0.0935. The van der Waals surface area contributed by atoms with Gasteiger partial charge in [-0.3, -0.25) is 9.69 Å². The van der Waals surface area contributed by atoms with Gasteiger partial charge in [-0.1, -0.05) is 12.1 Å². The molecule has 0 aliphatic carbocycles. The number of nitrogens with zero attached hydrogens (tertiary/aromatic N) is 1. The first kappa shape index (κ1) is 14.3. The molecule has 0 saturated heterocycles. The number of rotatable bonds is 5. The molecule has 1 heterocycles. The second-order valence-electron chi connectivity index (χ2n) is 4.68.